The predicted octanol–water partition coefficient (Wildman–Crippen LogP) is 0.0132. The van der Waals surface area contributed by atoms with Crippen molar-refractivity contribution >= 4 is 18.2 Å². The lowest BCUT2D eigenvalue weighted by atomic mass is 9.77. The molecule has 23 heavy (non-hydrogen) atoms. The van der Waals surface area contributed by atoms with Crippen LogP contribution in [0.2, 0.25) is 0 Å². The van der Waals surface area contributed by atoms with Gasteiger partial charge >= 0.3 is 5.97 Å². The van der Waals surface area contributed by atoms with Crippen LogP contribution >= 0.6 is 0 Å². The molecular formula is C15H28N4O4. The van der Waals surface area contributed by atoms with Gasteiger partial charge in [-0.05, 0) is 38.5 Å². The van der Waals surface area contributed by atoms with E-state index in [2.05, 4.69) is 15.7 Å². The number of hydrogen-bond donors (Lipinski definition) is 5. The van der Waals surface area contributed by atoms with E-state index in [-0.39, 0.29) is 30.3 Å². The highest BCUT2D eigenvalue weighted by Gasteiger charge is 2.52. The molecule has 0 heterocycles. The maximum Gasteiger partial charge on any atom is 0.312 e. The molecule has 1 saturated carbocycles. The van der Waals surface area contributed by atoms with Gasteiger partial charge in [-0.15, -0.1) is 0 Å². The zero-order chi connectivity index (χ0) is 17.6. The van der Waals surface area contributed by atoms with Gasteiger partial charge in [0.2, 0.25) is 5.91 Å². The summed E-state index contributed by atoms with van der Waals surface area (Å²) in [6, 6.07) is -0.313. The van der Waals surface area contributed by atoms with Crippen LogP contribution in [0.1, 0.15) is 46.5 Å². The minimum atomic E-state index is -1.19. The molecule has 8 heteroatoms. The van der Waals surface area contributed by atoms with E-state index >= 15 is 0 Å². The lowest BCUT2D eigenvalue weighted by Gasteiger charge is -2.30. The predicted molar refractivity (Wildman–Crippen MR) is 86.6 cm³/mol. The van der Waals surface area contributed by atoms with Gasteiger partial charge in [-0.3, -0.25) is 14.6 Å². The summed E-state index contributed by atoms with van der Waals surface area (Å²) in [5, 5.41) is 22.8. The van der Waals surface area contributed by atoms with E-state index in [0.29, 0.717) is 19.3 Å². The third-order valence-corrected chi connectivity index (χ3v) is 4.85. The Morgan fingerprint density at radius 1 is 1.48 bits per heavy atom. The molecule has 5 atom stereocenters. The number of carbonyl (C=O) groups is 2. The van der Waals surface area contributed by atoms with Crippen molar-refractivity contribution in [2.24, 2.45) is 22.2 Å². The summed E-state index contributed by atoms with van der Waals surface area (Å²) in [7, 11) is 0. The van der Waals surface area contributed by atoms with Crippen molar-refractivity contribution in [1.29, 1.82) is 0 Å². The zero-order valence-electron chi connectivity index (χ0n) is 14.0. The van der Waals surface area contributed by atoms with Crippen LogP contribution in [0.3, 0.4) is 0 Å². The van der Waals surface area contributed by atoms with Crippen molar-refractivity contribution in [3.8, 4) is 0 Å². The number of amides is 1. The zero-order valence-corrected chi connectivity index (χ0v) is 14.0. The first-order chi connectivity index (χ1) is 10.7. The highest BCUT2D eigenvalue weighted by atomic mass is 16.4. The first-order valence-corrected chi connectivity index (χ1v) is 7.89. The molecule has 0 saturated heterocycles. The van der Waals surface area contributed by atoms with Gasteiger partial charge in [-0.1, -0.05) is 6.92 Å². The van der Waals surface area contributed by atoms with Crippen molar-refractivity contribution in [3.63, 3.8) is 0 Å². The van der Waals surface area contributed by atoms with Crippen LogP contribution in [0.15, 0.2) is 4.99 Å². The number of rotatable bonds is 8. The third kappa shape index (κ3) is 4.90. The SMILES string of the molecule is CC(=O)NC(C)C(C)CCC1(C(=O)O)CC(N=CNN)CC1O. The number of hydrazine groups is 1. The number of aliphatic hydroxyl groups is 1. The Bertz CT molecular complexity index is 457. The fraction of sp³-hybridized carbons (Fsp3) is 0.800. The molecule has 132 valence electrons. The van der Waals surface area contributed by atoms with Gasteiger partial charge in [0.15, 0.2) is 0 Å². The van der Waals surface area contributed by atoms with Crippen molar-refractivity contribution in [2.75, 3.05) is 0 Å². The van der Waals surface area contributed by atoms with Crippen LogP contribution in [0, 0.1) is 11.3 Å². The Morgan fingerprint density at radius 2 is 2.13 bits per heavy atom. The topological polar surface area (TPSA) is 137 Å². The Morgan fingerprint density at radius 3 is 2.65 bits per heavy atom. The Labute approximate surface area is 136 Å². The van der Waals surface area contributed by atoms with Crippen LogP contribution in [0.25, 0.3) is 0 Å². The van der Waals surface area contributed by atoms with E-state index in [9.17, 15) is 19.8 Å². The second-order valence-corrected chi connectivity index (χ2v) is 6.52. The molecule has 8 nitrogen and oxygen atoms in total. The molecule has 5 unspecified atom stereocenters. The highest BCUT2D eigenvalue weighted by molar-refractivity contribution is 5.76. The van der Waals surface area contributed by atoms with Gasteiger partial charge in [-0.2, -0.15) is 0 Å². The van der Waals surface area contributed by atoms with Crippen LogP contribution < -0.4 is 16.6 Å². The van der Waals surface area contributed by atoms with Gasteiger partial charge in [0.1, 0.15) is 0 Å². The Kier molecular flexibility index (Phi) is 6.96. The fourth-order valence-corrected chi connectivity index (χ4v) is 3.19. The van der Waals surface area contributed by atoms with Gasteiger partial charge < -0.3 is 21.0 Å². The van der Waals surface area contributed by atoms with Crippen molar-refractivity contribution in [3.05, 3.63) is 0 Å². The summed E-state index contributed by atoms with van der Waals surface area (Å²) in [5.41, 5.74) is 1.09. The molecule has 1 rings (SSSR count). The second-order valence-electron chi connectivity index (χ2n) is 6.52. The quantitative estimate of drug-likeness (QED) is 0.184. The average Bonchev–Trinajstić information content (AvgIpc) is 2.79. The van der Waals surface area contributed by atoms with E-state index in [0.717, 1.165) is 0 Å². The lowest BCUT2D eigenvalue weighted by Crippen LogP contribution is -2.40. The van der Waals surface area contributed by atoms with E-state index in [1.54, 1.807) is 0 Å². The normalized spacial score (nSPS) is 30.1. The molecule has 0 radical (unpaired) electrons. The molecule has 1 aliphatic rings. The standard InChI is InChI=1S/C15H28N4O4/c1-9(10(2)19-11(3)20)4-5-15(14(22)23)7-12(6-13(15)21)17-8-18-16/h8-10,12-13,21H,4-7,16H2,1-3H3,(H,17,18)(H,19,20)(H,22,23). The average molecular weight is 328 g/mol. The van der Waals surface area contributed by atoms with Crippen LogP contribution in [-0.2, 0) is 9.59 Å². The van der Waals surface area contributed by atoms with Crippen LogP contribution in [0.4, 0.5) is 0 Å². The summed E-state index contributed by atoms with van der Waals surface area (Å²) in [4.78, 5) is 27.0. The molecule has 0 aromatic carbocycles. The molecule has 0 spiro atoms. The van der Waals surface area contributed by atoms with E-state index in [1.165, 1.54) is 13.3 Å². The van der Waals surface area contributed by atoms with Gasteiger partial charge in [0.25, 0.3) is 0 Å². The molecule has 6 N–H and O–H groups in total. The molecule has 0 aromatic heterocycles. The highest BCUT2D eigenvalue weighted by Crippen LogP contribution is 2.44. The minimum absolute atomic E-state index is 0.0489. The summed E-state index contributed by atoms with van der Waals surface area (Å²) in [6.45, 7) is 5.31. The largest absolute Gasteiger partial charge is 0.481 e. The number of nitrogens with zero attached hydrogens (tertiary/aromatic N) is 1. The molecular weight excluding hydrogens is 300 g/mol. The van der Waals surface area contributed by atoms with Crippen LogP contribution in [0.5, 0.6) is 0 Å². The first kappa shape index (κ1) is 19.4. The number of nitrogens with two attached hydrogens (primary N) is 1. The molecule has 0 aromatic rings. The van der Waals surface area contributed by atoms with Gasteiger partial charge in [0, 0.05) is 13.0 Å². The van der Waals surface area contributed by atoms with Gasteiger partial charge in [-0.25, -0.2) is 5.84 Å². The number of hydrogen-bond acceptors (Lipinski definition) is 5. The van der Waals surface area contributed by atoms with Crippen molar-refractivity contribution in [2.45, 2.75) is 64.6 Å². The maximum atomic E-state index is 11.8. The van der Waals surface area contributed by atoms with Crippen molar-refractivity contribution < 1.29 is 19.8 Å². The smallest absolute Gasteiger partial charge is 0.312 e. The molecule has 0 bridgehead atoms. The lowest BCUT2D eigenvalue weighted by molar-refractivity contribution is -0.155. The molecule has 1 amide bonds. The summed E-state index contributed by atoms with van der Waals surface area (Å²) in [5.74, 6) is 4.13. The summed E-state index contributed by atoms with van der Waals surface area (Å²) < 4.78 is 0. The van der Waals surface area contributed by atoms with Crippen LogP contribution in [-0.4, -0.2) is 46.6 Å². The Hall–Kier alpha value is -1.67. The third-order valence-electron chi connectivity index (χ3n) is 4.85. The fourth-order valence-electron chi connectivity index (χ4n) is 3.19. The van der Waals surface area contributed by atoms with E-state index in [1.807, 2.05) is 13.8 Å². The molecule has 1 fully saturated rings. The van der Waals surface area contributed by atoms with E-state index < -0.39 is 17.5 Å². The number of nitrogens with one attached hydrogen (secondary N) is 2. The summed E-state index contributed by atoms with van der Waals surface area (Å²) >= 11 is 0. The second kappa shape index (κ2) is 8.26. The van der Waals surface area contributed by atoms with Gasteiger partial charge in [0.05, 0.1) is 23.9 Å². The number of aliphatic imine (C=N–C) groups is 1. The Balaban J connectivity index is 2.73. The maximum absolute atomic E-state index is 11.8. The van der Waals surface area contributed by atoms with E-state index in [4.69, 9.17) is 5.84 Å². The monoisotopic (exact) mass is 328 g/mol. The number of carboxylic acid groups (broad SMARTS) is 1. The van der Waals surface area contributed by atoms with Crippen molar-refractivity contribution in [1.82, 2.24) is 10.7 Å². The number of aliphatic carboxylic acids is 1. The number of carboxylic acids is 1. The first-order valence-electron chi connectivity index (χ1n) is 7.89. The molecule has 0 aliphatic heterocycles. The number of aliphatic hydroxyl groups excluding tert-OH is 1. The molecule has 1 aliphatic carbocycles. The summed E-state index contributed by atoms with van der Waals surface area (Å²) in [6.07, 6.45) is 1.90. The number of carbonyl (C=O) groups excluding carboxylic acids is 1. The minimum Gasteiger partial charge on any atom is -0.481 e.